The molecule has 19 heavy (non-hydrogen) atoms. The average molecular weight is 263 g/mol. The number of hydrogen-bond acceptors (Lipinski definition) is 4. The van der Waals surface area contributed by atoms with Crippen LogP contribution < -0.4 is 0 Å². The fourth-order valence-corrected chi connectivity index (χ4v) is 2.43. The number of likely N-dealkylation sites (tertiary alicyclic amines) is 1. The number of amides is 1. The zero-order valence-electron chi connectivity index (χ0n) is 10.7. The van der Waals surface area contributed by atoms with E-state index in [1.165, 1.54) is 18.7 Å². The summed E-state index contributed by atoms with van der Waals surface area (Å²) in [6, 6.07) is 0.0116. The van der Waals surface area contributed by atoms with E-state index in [-0.39, 0.29) is 18.4 Å². The standard InChI is InChI=1S/C13H17N3O3/c17-12(18)5-4-11-3-1-2-6-16(11)13(19)10-7-14-9-15-8-10/h7-9,11H,1-6H2,(H,17,18). The topological polar surface area (TPSA) is 83.4 Å². The molecule has 1 atom stereocenters. The van der Waals surface area contributed by atoms with Crippen molar-refractivity contribution in [1.29, 1.82) is 0 Å². The molecule has 1 aromatic rings. The maximum absolute atomic E-state index is 12.4. The summed E-state index contributed by atoms with van der Waals surface area (Å²) < 4.78 is 0. The zero-order valence-corrected chi connectivity index (χ0v) is 10.7. The zero-order chi connectivity index (χ0) is 13.7. The number of carbonyl (C=O) groups excluding carboxylic acids is 1. The first-order valence-corrected chi connectivity index (χ1v) is 6.46. The Bertz CT molecular complexity index is 450. The molecule has 6 nitrogen and oxygen atoms in total. The SMILES string of the molecule is O=C(O)CCC1CCCCN1C(=O)c1cncnc1. The highest BCUT2D eigenvalue weighted by molar-refractivity contribution is 5.93. The number of carboxylic acids is 1. The molecule has 6 heteroatoms. The number of aromatic nitrogens is 2. The summed E-state index contributed by atoms with van der Waals surface area (Å²) in [4.78, 5) is 32.5. The highest BCUT2D eigenvalue weighted by Gasteiger charge is 2.27. The maximum Gasteiger partial charge on any atom is 0.303 e. The van der Waals surface area contributed by atoms with Gasteiger partial charge in [-0.2, -0.15) is 0 Å². The largest absolute Gasteiger partial charge is 0.481 e. The Morgan fingerprint density at radius 3 is 2.74 bits per heavy atom. The lowest BCUT2D eigenvalue weighted by Gasteiger charge is -2.35. The Morgan fingerprint density at radius 2 is 2.05 bits per heavy atom. The van der Waals surface area contributed by atoms with Crippen molar-refractivity contribution in [3.05, 3.63) is 24.3 Å². The van der Waals surface area contributed by atoms with Crippen molar-refractivity contribution in [2.45, 2.75) is 38.1 Å². The highest BCUT2D eigenvalue weighted by atomic mass is 16.4. The van der Waals surface area contributed by atoms with Crippen LogP contribution in [0.25, 0.3) is 0 Å². The molecule has 1 amide bonds. The summed E-state index contributed by atoms with van der Waals surface area (Å²) in [5, 5.41) is 8.76. The van der Waals surface area contributed by atoms with Crippen LogP contribution in [0.4, 0.5) is 0 Å². The Morgan fingerprint density at radius 1 is 1.32 bits per heavy atom. The number of carbonyl (C=O) groups is 2. The number of aliphatic carboxylic acids is 1. The normalized spacial score (nSPS) is 19.2. The Balaban J connectivity index is 2.06. The second-order valence-corrected chi connectivity index (χ2v) is 4.71. The van der Waals surface area contributed by atoms with Crippen LogP contribution in [0.1, 0.15) is 42.5 Å². The van der Waals surface area contributed by atoms with E-state index in [0.717, 1.165) is 19.3 Å². The average Bonchev–Trinajstić information content (AvgIpc) is 2.45. The molecular weight excluding hydrogens is 246 g/mol. The molecule has 0 spiro atoms. The number of carboxylic acid groups (broad SMARTS) is 1. The lowest BCUT2D eigenvalue weighted by Crippen LogP contribution is -2.44. The van der Waals surface area contributed by atoms with Crippen LogP contribution in [-0.4, -0.2) is 44.4 Å². The first-order valence-electron chi connectivity index (χ1n) is 6.46. The fourth-order valence-electron chi connectivity index (χ4n) is 2.43. The first kappa shape index (κ1) is 13.5. The summed E-state index contributed by atoms with van der Waals surface area (Å²) in [7, 11) is 0. The Labute approximate surface area is 111 Å². The number of piperidine rings is 1. The molecule has 1 aliphatic rings. The second-order valence-electron chi connectivity index (χ2n) is 4.71. The van der Waals surface area contributed by atoms with Crippen LogP contribution in [0.5, 0.6) is 0 Å². The van der Waals surface area contributed by atoms with Gasteiger partial charge in [0, 0.05) is 31.4 Å². The monoisotopic (exact) mass is 263 g/mol. The summed E-state index contributed by atoms with van der Waals surface area (Å²) in [6.07, 6.45) is 7.86. The van der Waals surface area contributed by atoms with Crippen LogP contribution in [0.2, 0.25) is 0 Å². The van der Waals surface area contributed by atoms with Gasteiger partial charge in [0.05, 0.1) is 5.56 Å². The summed E-state index contributed by atoms with van der Waals surface area (Å²) >= 11 is 0. The van der Waals surface area contributed by atoms with Crippen molar-refractivity contribution < 1.29 is 14.7 Å². The summed E-state index contributed by atoms with van der Waals surface area (Å²) in [5.41, 5.74) is 0.463. The van der Waals surface area contributed by atoms with E-state index in [1.807, 2.05) is 0 Å². The first-order chi connectivity index (χ1) is 9.18. The van der Waals surface area contributed by atoms with Gasteiger partial charge < -0.3 is 10.0 Å². The molecule has 1 fully saturated rings. The van der Waals surface area contributed by atoms with E-state index in [0.29, 0.717) is 18.5 Å². The third-order valence-electron chi connectivity index (χ3n) is 3.39. The van der Waals surface area contributed by atoms with Gasteiger partial charge in [0.1, 0.15) is 6.33 Å². The molecule has 0 aliphatic carbocycles. The van der Waals surface area contributed by atoms with Crippen molar-refractivity contribution in [2.75, 3.05) is 6.54 Å². The van der Waals surface area contributed by atoms with Crippen molar-refractivity contribution in [1.82, 2.24) is 14.9 Å². The van der Waals surface area contributed by atoms with Crippen molar-refractivity contribution in [2.24, 2.45) is 0 Å². The van der Waals surface area contributed by atoms with Crippen molar-refractivity contribution >= 4 is 11.9 Å². The van der Waals surface area contributed by atoms with Gasteiger partial charge >= 0.3 is 5.97 Å². The lowest BCUT2D eigenvalue weighted by atomic mass is 9.97. The van der Waals surface area contributed by atoms with E-state index in [1.54, 1.807) is 4.90 Å². The van der Waals surface area contributed by atoms with Gasteiger partial charge in [0.15, 0.2) is 0 Å². The van der Waals surface area contributed by atoms with Gasteiger partial charge in [0.25, 0.3) is 5.91 Å². The van der Waals surface area contributed by atoms with E-state index < -0.39 is 5.97 Å². The number of hydrogen-bond donors (Lipinski definition) is 1. The summed E-state index contributed by atoms with van der Waals surface area (Å²) in [6.45, 7) is 0.679. The smallest absolute Gasteiger partial charge is 0.303 e. The van der Waals surface area contributed by atoms with Gasteiger partial charge in [-0.15, -0.1) is 0 Å². The van der Waals surface area contributed by atoms with E-state index in [9.17, 15) is 9.59 Å². The molecule has 1 N–H and O–H groups in total. The molecule has 1 aliphatic heterocycles. The molecule has 102 valence electrons. The van der Waals surface area contributed by atoms with E-state index >= 15 is 0 Å². The molecule has 0 aromatic carbocycles. The molecule has 2 heterocycles. The predicted octanol–water partition coefficient (Wildman–Crippen LogP) is 1.34. The van der Waals surface area contributed by atoms with Crippen LogP contribution >= 0.6 is 0 Å². The van der Waals surface area contributed by atoms with Crippen molar-refractivity contribution in [3.8, 4) is 0 Å². The van der Waals surface area contributed by atoms with Gasteiger partial charge in [-0.05, 0) is 25.7 Å². The highest BCUT2D eigenvalue weighted by Crippen LogP contribution is 2.22. The summed E-state index contributed by atoms with van der Waals surface area (Å²) in [5.74, 6) is -0.920. The molecular formula is C13H17N3O3. The molecule has 0 radical (unpaired) electrons. The molecule has 1 aromatic heterocycles. The Kier molecular flexibility index (Phi) is 4.43. The van der Waals surface area contributed by atoms with Crippen molar-refractivity contribution in [3.63, 3.8) is 0 Å². The van der Waals surface area contributed by atoms with E-state index in [2.05, 4.69) is 9.97 Å². The van der Waals surface area contributed by atoms with E-state index in [4.69, 9.17) is 5.11 Å². The predicted molar refractivity (Wildman–Crippen MR) is 67.6 cm³/mol. The minimum Gasteiger partial charge on any atom is -0.481 e. The molecule has 1 unspecified atom stereocenters. The van der Waals surface area contributed by atoms with Gasteiger partial charge in [-0.3, -0.25) is 9.59 Å². The van der Waals surface area contributed by atoms with Crippen LogP contribution in [0, 0.1) is 0 Å². The van der Waals surface area contributed by atoms with Gasteiger partial charge in [0.2, 0.25) is 0 Å². The lowest BCUT2D eigenvalue weighted by molar-refractivity contribution is -0.137. The third-order valence-corrected chi connectivity index (χ3v) is 3.39. The minimum atomic E-state index is -0.819. The third kappa shape index (κ3) is 3.49. The molecule has 1 saturated heterocycles. The quantitative estimate of drug-likeness (QED) is 0.886. The van der Waals surface area contributed by atoms with Gasteiger partial charge in [-0.25, -0.2) is 9.97 Å². The minimum absolute atomic E-state index is 0.0116. The number of rotatable bonds is 4. The fraction of sp³-hybridized carbons (Fsp3) is 0.538. The Hall–Kier alpha value is -1.98. The molecule has 2 rings (SSSR count). The van der Waals surface area contributed by atoms with Crippen LogP contribution in [0.3, 0.4) is 0 Å². The second kappa shape index (κ2) is 6.26. The molecule has 0 bridgehead atoms. The van der Waals surface area contributed by atoms with Crippen LogP contribution in [0.15, 0.2) is 18.7 Å². The van der Waals surface area contributed by atoms with Gasteiger partial charge in [-0.1, -0.05) is 0 Å². The number of nitrogens with zero attached hydrogens (tertiary/aromatic N) is 3. The molecule has 0 saturated carbocycles. The van der Waals surface area contributed by atoms with Crippen LogP contribution in [-0.2, 0) is 4.79 Å². The maximum atomic E-state index is 12.4.